The van der Waals surface area contributed by atoms with Gasteiger partial charge in [-0.1, -0.05) is 42.7 Å². The monoisotopic (exact) mass is 519 g/mol. The van der Waals surface area contributed by atoms with Gasteiger partial charge < -0.3 is 25.3 Å². The van der Waals surface area contributed by atoms with Gasteiger partial charge in [0.1, 0.15) is 5.75 Å². The van der Waals surface area contributed by atoms with Crippen LogP contribution in [0.5, 0.6) is 5.75 Å². The lowest BCUT2D eigenvalue weighted by atomic mass is 9.89. The number of likely N-dealkylation sites (tertiary alicyclic amines) is 1. The van der Waals surface area contributed by atoms with Gasteiger partial charge in [0, 0.05) is 42.5 Å². The van der Waals surface area contributed by atoms with Crippen molar-refractivity contribution >= 4 is 23.2 Å². The van der Waals surface area contributed by atoms with Gasteiger partial charge in [-0.2, -0.15) is 0 Å². The number of H-pyrrole nitrogens is 1. The summed E-state index contributed by atoms with van der Waals surface area (Å²) in [5, 5.41) is 6.45. The molecule has 1 fully saturated rings. The van der Waals surface area contributed by atoms with Gasteiger partial charge in [0.25, 0.3) is 5.91 Å². The van der Waals surface area contributed by atoms with Crippen LogP contribution >= 0.6 is 0 Å². The minimum atomic E-state index is -0.217. The maximum absolute atomic E-state index is 13.0. The zero-order chi connectivity index (χ0) is 27.1. The van der Waals surface area contributed by atoms with Crippen LogP contribution in [-0.4, -0.2) is 52.4 Å². The first-order valence-corrected chi connectivity index (χ1v) is 13.0. The lowest BCUT2D eigenvalue weighted by Gasteiger charge is -2.30. The van der Waals surface area contributed by atoms with E-state index >= 15 is 0 Å². The van der Waals surface area contributed by atoms with E-state index in [2.05, 4.69) is 51.2 Å². The third-order valence-corrected chi connectivity index (χ3v) is 7.68. The molecule has 0 radical (unpaired) electrons. The maximum Gasteiger partial charge on any atom is 0.255 e. The van der Waals surface area contributed by atoms with E-state index < -0.39 is 0 Å². The van der Waals surface area contributed by atoms with Crippen molar-refractivity contribution in [3.8, 4) is 28.8 Å². The molecule has 2 amide bonds. The van der Waals surface area contributed by atoms with Gasteiger partial charge in [0.15, 0.2) is 0 Å². The van der Waals surface area contributed by atoms with E-state index in [0.29, 0.717) is 41.4 Å². The van der Waals surface area contributed by atoms with Gasteiger partial charge in [-0.05, 0) is 37.1 Å². The lowest BCUT2D eigenvalue weighted by molar-refractivity contribution is -0.127. The lowest BCUT2D eigenvalue weighted by Crippen LogP contribution is -2.42. The fourth-order valence-corrected chi connectivity index (χ4v) is 5.73. The van der Waals surface area contributed by atoms with Gasteiger partial charge in [-0.3, -0.25) is 14.6 Å². The molecule has 8 heteroatoms. The second-order valence-electron chi connectivity index (χ2n) is 9.95. The molecule has 4 heterocycles. The average molecular weight is 520 g/mol. The minimum Gasteiger partial charge on any atom is -0.494 e. The van der Waals surface area contributed by atoms with Gasteiger partial charge in [-0.15, -0.1) is 0 Å². The Labute approximate surface area is 227 Å². The number of ether oxygens (including phenoxy) is 1. The van der Waals surface area contributed by atoms with Crippen LogP contribution in [0.15, 0.2) is 61.5 Å². The molecule has 2 aliphatic heterocycles. The molecule has 2 aromatic heterocycles. The highest BCUT2D eigenvalue weighted by Crippen LogP contribution is 2.41. The predicted molar refractivity (Wildman–Crippen MR) is 150 cm³/mol. The van der Waals surface area contributed by atoms with E-state index in [1.54, 1.807) is 19.5 Å². The topological polar surface area (TPSA) is 99.3 Å². The summed E-state index contributed by atoms with van der Waals surface area (Å²) in [4.78, 5) is 35.3. The first kappa shape index (κ1) is 24.6. The molecule has 0 unspecified atom stereocenters. The fourth-order valence-electron chi connectivity index (χ4n) is 5.73. The summed E-state index contributed by atoms with van der Waals surface area (Å²) in [5.41, 5.74) is 6.10. The number of hydrogen-bond acceptors (Lipinski definition) is 5. The van der Waals surface area contributed by atoms with Crippen LogP contribution in [0.2, 0.25) is 0 Å². The maximum atomic E-state index is 13.0. The molecule has 3 N–H and O–H groups in total. The van der Waals surface area contributed by atoms with Crippen LogP contribution in [0.4, 0.5) is 11.4 Å². The predicted octanol–water partition coefficient (Wildman–Crippen LogP) is 4.12. The van der Waals surface area contributed by atoms with Crippen LogP contribution in [0, 0.1) is 24.7 Å². The Hall–Kier alpha value is -4.77. The standard InChI is InChI=1S/C31H29N5O3/c1-4-26(37)36-21(16-19-9-11-25(19)36)10-8-20-17-32-14-12-22(20)28-29(27-23(34-28)13-15-33-31(27)38)35-24-7-5-6-18(2)30(24)39-3/h4-7,9,11-12,14,17,19,21,25,34-35H,1,13,15-16H2,2-3H3,(H,33,38)/t19-,21-,25-/m0/s1. The van der Waals surface area contributed by atoms with Gasteiger partial charge in [-0.25, -0.2) is 0 Å². The number of fused-ring (bicyclic) bond motifs is 2. The number of carbonyl (C=O) groups excluding carboxylic acids is 2. The normalized spacial score (nSPS) is 20.6. The van der Waals surface area contributed by atoms with E-state index in [1.807, 2.05) is 36.1 Å². The minimum absolute atomic E-state index is 0.0805. The van der Waals surface area contributed by atoms with Crippen molar-refractivity contribution in [2.75, 3.05) is 19.0 Å². The summed E-state index contributed by atoms with van der Waals surface area (Å²) >= 11 is 0. The second kappa shape index (κ2) is 9.84. The highest BCUT2D eigenvalue weighted by atomic mass is 16.5. The summed E-state index contributed by atoms with van der Waals surface area (Å²) < 4.78 is 5.67. The number of benzene rings is 1. The zero-order valence-electron chi connectivity index (χ0n) is 21.9. The highest BCUT2D eigenvalue weighted by Gasteiger charge is 2.43. The van der Waals surface area contributed by atoms with Crippen LogP contribution in [0.25, 0.3) is 11.3 Å². The van der Waals surface area contributed by atoms with Crippen molar-refractivity contribution in [2.24, 2.45) is 5.92 Å². The second-order valence-corrected chi connectivity index (χ2v) is 9.95. The van der Waals surface area contributed by atoms with Crippen molar-refractivity contribution in [3.05, 3.63) is 83.9 Å². The van der Waals surface area contributed by atoms with Crippen LogP contribution in [0.1, 0.15) is 33.6 Å². The average Bonchev–Trinajstić information content (AvgIpc) is 3.42. The Morgan fingerprint density at radius 1 is 1.31 bits per heavy atom. The number of aromatic nitrogens is 2. The molecule has 0 spiro atoms. The number of aromatic amines is 1. The molecule has 0 saturated carbocycles. The Kier molecular flexibility index (Phi) is 6.20. The smallest absolute Gasteiger partial charge is 0.255 e. The summed E-state index contributed by atoms with van der Waals surface area (Å²) in [6.45, 7) is 6.21. The van der Waals surface area contributed by atoms with Crippen molar-refractivity contribution in [3.63, 3.8) is 0 Å². The summed E-state index contributed by atoms with van der Waals surface area (Å²) in [6.07, 6.45) is 10.5. The molecule has 1 aliphatic carbocycles. The third kappa shape index (κ3) is 4.16. The first-order chi connectivity index (χ1) is 19.0. The van der Waals surface area contributed by atoms with Crippen molar-refractivity contribution in [1.29, 1.82) is 0 Å². The number of pyridine rings is 1. The third-order valence-electron chi connectivity index (χ3n) is 7.68. The van der Waals surface area contributed by atoms with Crippen molar-refractivity contribution < 1.29 is 14.3 Å². The molecule has 1 aromatic carbocycles. The number of anilines is 2. The number of aryl methyl sites for hydroxylation is 1. The number of para-hydroxylation sites is 1. The number of carbonyl (C=O) groups is 2. The Morgan fingerprint density at radius 3 is 2.95 bits per heavy atom. The quantitative estimate of drug-likeness (QED) is 0.268. The summed E-state index contributed by atoms with van der Waals surface area (Å²) in [6, 6.07) is 7.61. The van der Waals surface area contributed by atoms with E-state index in [0.717, 1.165) is 34.6 Å². The molecular formula is C31H29N5O3. The van der Waals surface area contributed by atoms with Crippen LogP contribution in [-0.2, 0) is 11.2 Å². The van der Waals surface area contributed by atoms with Crippen LogP contribution in [0.3, 0.4) is 0 Å². The number of methoxy groups -OCH3 is 1. The van der Waals surface area contributed by atoms with E-state index in [1.165, 1.54) is 6.08 Å². The number of rotatable bonds is 5. The molecule has 39 heavy (non-hydrogen) atoms. The SMILES string of the molecule is C=CC(=O)N1[C@@H](C#Cc2cnccc2-c2[nH]c3c(c2Nc2cccc(C)c2OC)C(=O)NCC3)C[C@@H]2C=C[C@@H]21. The van der Waals surface area contributed by atoms with Gasteiger partial charge in [0.2, 0.25) is 5.91 Å². The molecule has 3 atom stereocenters. The fraction of sp³-hybridized carbons (Fsp3) is 0.258. The molecule has 196 valence electrons. The highest BCUT2D eigenvalue weighted by molar-refractivity contribution is 6.06. The molecule has 3 aliphatic rings. The molecule has 3 aromatic rings. The van der Waals surface area contributed by atoms with Crippen molar-refractivity contribution in [1.82, 2.24) is 20.2 Å². The van der Waals surface area contributed by atoms with E-state index in [4.69, 9.17) is 4.74 Å². The van der Waals surface area contributed by atoms with E-state index in [9.17, 15) is 9.59 Å². The van der Waals surface area contributed by atoms with Gasteiger partial charge in [0.05, 0.1) is 47.4 Å². The zero-order valence-corrected chi connectivity index (χ0v) is 21.9. The molecular weight excluding hydrogens is 490 g/mol. The number of nitrogens with zero attached hydrogens (tertiary/aromatic N) is 2. The first-order valence-electron chi connectivity index (χ1n) is 13.0. The molecule has 6 rings (SSSR count). The van der Waals surface area contributed by atoms with Gasteiger partial charge >= 0.3 is 0 Å². The molecule has 0 bridgehead atoms. The van der Waals surface area contributed by atoms with Crippen LogP contribution < -0.4 is 15.4 Å². The summed E-state index contributed by atoms with van der Waals surface area (Å²) in [7, 11) is 1.63. The largest absolute Gasteiger partial charge is 0.494 e. The number of amides is 2. The Morgan fingerprint density at radius 2 is 2.18 bits per heavy atom. The number of hydrogen-bond donors (Lipinski definition) is 3. The number of nitrogens with one attached hydrogen (secondary N) is 3. The summed E-state index contributed by atoms with van der Waals surface area (Å²) in [5.74, 6) is 7.43. The van der Waals surface area contributed by atoms with Crippen molar-refractivity contribution in [2.45, 2.75) is 31.8 Å². The Bertz CT molecular complexity index is 1590. The van der Waals surface area contributed by atoms with E-state index in [-0.39, 0.29) is 23.9 Å². The molecule has 1 saturated heterocycles. The molecule has 8 nitrogen and oxygen atoms in total. The Balaban J connectivity index is 1.44.